The number of carbonyl (C=O) groups is 1. The number of aliphatic hydroxyl groups is 1. The highest BCUT2D eigenvalue weighted by Crippen LogP contribution is 2.59. The van der Waals surface area contributed by atoms with Crippen LogP contribution in [0.2, 0.25) is 0 Å². The molecule has 0 aromatic carbocycles. The Labute approximate surface area is 121 Å². The second-order valence-electron chi connectivity index (χ2n) is 8.30. The SMILES string of the molecule is CC(C)(C)OC(=O)N[C@H]1[C@@H]2CC3C[C@H]1C[C@@](CO)(C3)C2. The smallest absolute Gasteiger partial charge is 0.407 e. The fourth-order valence-electron chi connectivity index (χ4n) is 5.07. The Bertz CT molecular complexity index is 385. The summed E-state index contributed by atoms with van der Waals surface area (Å²) in [5, 5.41) is 12.9. The van der Waals surface area contributed by atoms with Gasteiger partial charge in [0.05, 0.1) is 0 Å². The molecule has 5 atom stereocenters. The van der Waals surface area contributed by atoms with E-state index in [1.165, 1.54) is 19.3 Å². The third-order valence-electron chi connectivity index (χ3n) is 5.42. The summed E-state index contributed by atoms with van der Waals surface area (Å²) in [7, 11) is 0. The van der Waals surface area contributed by atoms with E-state index in [0.29, 0.717) is 18.4 Å². The van der Waals surface area contributed by atoms with Crippen LogP contribution in [0.5, 0.6) is 0 Å². The monoisotopic (exact) mass is 281 g/mol. The predicted octanol–water partition coefficient (Wildman–Crippen LogP) is 2.70. The summed E-state index contributed by atoms with van der Waals surface area (Å²) in [5.41, 5.74) is -0.287. The lowest BCUT2D eigenvalue weighted by Gasteiger charge is -2.59. The lowest BCUT2D eigenvalue weighted by atomic mass is 9.48. The maximum atomic E-state index is 12.0. The minimum absolute atomic E-state index is 0.155. The minimum Gasteiger partial charge on any atom is -0.444 e. The first-order valence-electron chi connectivity index (χ1n) is 7.91. The number of ether oxygens (including phenoxy) is 1. The molecule has 0 heterocycles. The van der Waals surface area contributed by atoms with Crippen LogP contribution in [0.1, 0.15) is 52.9 Å². The predicted molar refractivity (Wildman–Crippen MR) is 76.2 cm³/mol. The third-order valence-corrected chi connectivity index (χ3v) is 5.42. The first kappa shape index (κ1) is 14.2. The maximum Gasteiger partial charge on any atom is 0.407 e. The average Bonchev–Trinajstić information content (AvgIpc) is 2.31. The summed E-state index contributed by atoms with van der Waals surface area (Å²) in [5.74, 6) is 1.82. The highest BCUT2D eigenvalue weighted by atomic mass is 16.6. The molecule has 4 nitrogen and oxygen atoms in total. The molecule has 20 heavy (non-hydrogen) atoms. The fraction of sp³-hybridized carbons (Fsp3) is 0.938. The summed E-state index contributed by atoms with van der Waals surface area (Å²) in [6.45, 7) is 5.99. The normalized spacial score (nSPS) is 42.6. The van der Waals surface area contributed by atoms with Crippen molar-refractivity contribution in [2.45, 2.75) is 64.5 Å². The molecule has 114 valence electrons. The summed E-state index contributed by atoms with van der Waals surface area (Å²) in [6, 6.07) is 0.251. The van der Waals surface area contributed by atoms with Crippen LogP contribution in [0.3, 0.4) is 0 Å². The third kappa shape index (κ3) is 2.54. The summed E-state index contributed by atoms with van der Waals surface area (Å²) >= 11 is 0. The number of aliphatic hydroxyl groups excluding tert-OH is 1. The molecule has 0 aliphatic heterocycles. The van der Waals surface area contributed by atoms with E-state index < -0.39 is 5.60 Å². The van der Waals surface area contributed by atoms with Gasteiger partial charge < -0.3 is 15.2 Å². The van der Waals surface area contributed by atoms with Crippen LogP contribution in [-0.2, 0) is 4.74 Å². The van der Waals surface area contributed by atoms with Crippen LogP contribution in [-0.4, -0.2) is 29.4 Å². The zero-order valence-electron chi connectivity index (χ0n) is 12.8. The zero-order valence-corrected chi connectivity index (χ0v) is 12.8. The van der Waals surface area contributed by atoms with E-state index in [0.717, 1.165) is 18.8 Å². The maximum absolute atomic E-state index is 12.0. The number of alkyl carbamates (subject to hydrolysis) is 1. The van der Waals surface area contributed by atoms with Crippen molar-refractivity contribution in [2.24, 2.45) is 23.2 Å². The molecule has 0 saturated heterocycles. The Balaban J connectivity index is 1.67. The zero-order chi connectivity index (χ0) is 14.5. The van der Waals surface area contributed by atoms with Gasteiger partial charge in [0.2, 0.25) is 0 Å². The summed E-state index contributed by atoms with van der Waals surface area (Å²) < 4.78 is 5.40. The molecular formula is C16H27NO3. The van der Waals surface area contributed by atoms with Gasteiger partial charge in [-0.2, -0.15) is 0 Å². The number of amides is 1. The molecular weight excluding hydrogens is 254 g/mol. The van der Waals surface area contributed by atoms with E-state index in [1.54, 1.807) is 0 Å². The van der Waals surface area contributed by atoms with Crippen molar-refractivity contribution in [1.29, 1.82) is 0 Å². The Kier molecular flexibility index (Phi) is 3.27. The molecule has 4 bridgehead atoms. The van der Waals surface area contributed by atoms with Gasteiger partial charge in [-0.05, 0) is 76.0 Å². The lowest BCUT2D eigenvalue weighted by molar-refractivity contribution is -0.0990. The van der Waals surface area contributed by atoms with Crippen LogP contribution in [0.4, 0.5) is 4.79 Å². The van der Waals surface area contributed by atoms with Crippen molar-refractivity contribution in [2.75, 3.05) is 6.61 Å². The second-order valence-corrected chi connectivity index (χ2v) is 8.30. The standard InChI is InChI=1S/C16H27NO3/c1-15(2,3)20-14(19)17-13-11-4-10-5-12(13)8-16(6-10,7-11)9-18/h10-13,18H,4-9H2,1-3H3,(H,17,19)/t10?,11-,12+,13+,16-. The average molecular weight is 281 g/mol. The Morgan fingerprint density at radius 1 is 1.25 bits per heavy atom. The van der Waals surface area contributed by atoms with E-state index in [-0.39, 0.29) is 17.6 Å². The minimum atomic E-state index is -0.442. The molecule has 4 saturated carbocycles. The Morgan fingerprint density at radius 3 is 2.35 bits per heavy atom. The Morgan fingerprint density at radius 2 is 1.85 bits per heavy atom. The molecule has 0 aromatic rings. The second kappa shape index (κ2) is 4.62. The van der Waals surface area contributed by atoms with E-state index in [4.69, 9.17) is 4.74 Å². The molecule has 0 radical (unpaired) electrons. The molecule has 4 rings (SSSR count). The van der Waals surface area contributed by atoms with Crippen LogP contribution in [0.15, 0.2) is 0 Å². The van der Waals surface area contributed by atoms with Crippen molar-refractivity contribution in [3.05, 3.63) is 0 Å². The van der Waals surface area contributed by atoms with Gasteiger partial charge in [0.25, 0.3) is 0 Å². The fourth-order valence-corrected chi connectivity index (χ4v) is 5.07. The van der Waals surface area contributed by atoms with Gasteiger partial charge in [-0.25, -0.2) is 4.79 Å². The summed E-state index contributed by atoms with van der Waals surface area (Å²) in [4.78, 5) is 12.0. The first-order valence-corrected chi connectivity index (χ1v) is 7.91. The molecule has 4 aliphatic rings. The lowest BCUT2D eigenvalue weighted by Crippen LogP contribution is -2.60. The van der Waals surface area contributed by atoms with Gasteiger partial charge in [-0.15, -0.1) is 0 Å². The van der Waals surface area contributed by atoms with Crippen molar-refractivity contribution >= 4 is 6.09 Å². The number of carbonyl (C=O) groups excluding carboxylic acids is 1. The molecule has 4 aliphatic carbocycles. The van der Waals surface area contributed by atoms with E-state index in [2.05, 4.69) is 5.32 Å². The number of rotatable bonds is 2. The van der Waals surface area contributed by atoms with Crippen molar-refractivity contribution in [1.82, 2.24) is 5.32 Å². The number of nitrogens with one attached hydrogen (secondary N) is 1. The van der Waals surface area contributed by atoms with E-state index in [1.807, 2.05) is 20.8 Å². The van der Waals surface area contributed by atoms with Gasteiger partial charge in [-0.3, -0.25) is 0 Å². The van der Waals surface area contributed by atoms with Crippen LogP contribution in [0, 0.1) is 23.2 Å². The van der Waals surface area contributed by atoms with Crippen LogP contribution >= 0.6 is 0 Å². The van der Waals surface area contributed by atoms with Gasteiger partial charge >= 0.3 is 6.09 Å². The first-order chi connectivity index (χ1) is 9.30. The van der Waals surface area contributed by atoms with E-state index in [9.17, 15) is 9.90 Å². The van der Waals surface area contributed by atoms with Crippen LogP contribution < -0.4 is 5.32 Å². The molecule has 4 fully saturated rings. The van der Waals surface area contributed by atoms with Crippen molar-refractivity contribution < 1.29 is 14.6 Å². The van der Waals surface area contributed by atoms with Gasteiger partial charge in [-0.1, -0.05) is 0 Å². The van der Waals surface area contributed by atoms with Gasteiger partial charge in [0.1, 0.15) is 5.60 Å². The molecule has 2 N–H and O–H groups in total. The summed E-state index contributed by atoms with van der Waals surface area (Å²) in [6.07, 6.45) is 5.45. The van der Waals surface area contributed by atoms with E-state index >= 15 is 0 Å². The number of hydrogen-bond acceptors (Lipinski definition) is 3. The van der Waals surface area contributed by atoms with Gasteiger partial charge in [0.15, 0.2) is 0 Å². The molecule has 0 spiro atoms. The largest absolute Gasteiger partial charge is 0.444 e. The molecule has 1 amide bonds. The molecule has 1 unspecified atom stereocenters. The molecule has 0 aromatic heterocycles. The number of hydrogen-bond donors (Lipinski definition) is 2. The van der Waals surface area contributed by atoms with Crippen molar-refractivity contribution in [3.63, 3.8) is 0 Å². The van der Waals surface area contributed by atoms with Crippen molar-refractivity contribution in [3.8, 4) is 0 Å². The topological polar surface area (TPSA) is 58.6 Å². The van der Waals surface area contributed by atoms with Crippen LogP contribution in [0.25, 0.3) is 0 Å². The van der Waals surface area contributed by atoms with Gasteiger partial charge in [0, 0.05) is 12.6 Å². The highest BCUT2D eigenvalue weighted by Gasteiger charge is 2.55. The molecule has 4 heteroatoms. The quantitative estimate of drug-likeness (QED) is 0.818. The highest BCUT2D eigenvalue weighted by molar-refractivity contribution is 5.68. The Hall–Kier alpha value is -0.770.